The molecule has 0 aliphatic carbocycles. The Morgan fingerprint density at radius 1 is 1.07 bits per heavy atom. The number of thiophene rings is 1. The highest BCUT2D eigenvalue weighted by molar-refractivity contribution is 7.10. The molecule has 2 unspecified atom stereocenters. The van der Waals surface area contributed by atoms with Crippen LogP contribution < -0.4 is 10.6 Å². The Hall–Kier alpha value is -2.60. The smallest absolute Gasteiger partial charge is 0.242 e. The summed E-state index contributed by atoms with van der Waals surface area (Å²) in [6, 6.07) is 11.8. The molecule has 0 aliphatic rings. The highest BCUT2D eigenvalue weighted by Crippen LogP contribution is 2.32. The van der Waals surface area contributed by atoms with Crippen LogP contribution in [0.5, 0.6) is 0 Å². The third-order valence-electron chi connectivity index (χ3n) is 5.22. The first-order valence-electron chi connectivity index (χ1n) is 10.5. The van der Waals surface area contributed by atoms with Crippen LogP contribution in [-0.4, -0.2) is 29.4 Å². The van der Waals surface area contributed by atoms with Gasteiger partial charge in [0.25, 0.3) is 0 Å². The Kier molecular flexibility index (Phi) is 7.32. The molecule has 2 aromatic heterocycles. The molecule has 30 heavy (non-hydrogen) atoms. The van der Waals surface area contributed by atoms with E-state index in [0.717, 1.165) is 10.9 Å². The van der Waals surface area contributed by atoms with Crippen molar-refractivity contribution in [3.8, 4) is 0 Å². The summed E-state index contributed by atoms with van der Waals surface area (Å²) in [5.74, 6) is 0.0958. The molecule has 6 heteroatoms. The van der Waals surface area contributed by atoms with Crippen molar-refractivity contribution >= 4 is 34.1 Å². The molecule has 0 aliphatic heterocycles. The topological polar surface area (TPSA) is 74.0 Å². The summed E-state index contributed by atoms with van der Waals surface area (Å²) in [7, 11) is 0. The summed E-state index contributed by atoms with van der Waals surface area (Å²) in [6.45, 7) is 8.38. The maximum atomic E-state index is 13.0. The van der Waals surface area contributed by atoms with Crippen LogP contribution >= 0.6 is 11.3 Å². The molecule has 0 saturated heterocycles. The van der Waals surface area contributed by atoms with Gasteiger partial charge in [-0.1, -0.05) is 52.0 Å². The van der Waals surface area contributed by atoms with Crippen LogP contribution in [0.2, 0.25) is 0 Å². The lowest BCUT2D eigenvalue weighted by molar-refractivity contribution is -0.130. The minimum Gasteiger partial charge on any atom is -0.361 e. The summed E-state index contributed by atoms with van der Waals surface area (Å²) in [5, 5.41) is 9.24. The maximum absolute atomic E-state index is 13.0. The lowest BCUT2D eigenvalue weighted by atomic mass is 9.96. The normalized spacial score (nSPS) is 13.5. The maximum Gasteiger partial charge on any atom is 0.242 e. The van der Waals surface area contributed by atoms with E-state index >= 15 is 0 Å². The average molecular weight is 426 g/mol. The van der Waals surface area contributed by atoms with Gasteiger partial charge >= 0.3 is 0 Å². The molecule has 2 amide bonds. The summed E-state index contributed by atoms with van der Waals surface area (Å²) < 4.78 is 0. The van der Waals surface area contributed by atoms with Crippen molar-refractivity contribution in [2.45, 2.75) is 46.1 Å². The van der Waals surface area contributed by atoms with E-state index < -0.39 is 6.04 Å². The molecule has 2 atom stereocenters. The van der Waals surface area contributed by atoms with Crippen molar-refractivity contribution in [3.63, 3.8) is 0 Å². The Morgan fingerprint density at radius 3 is 2.50 bits per heavy atom. The first kappa shape index (κ1) is 22.1. The van der Waals surface area contributed by atoms with Gasteiger partial charge in [0.05, 0.1) is 0 Å². The molecule has 160 valence electrons. The number of amides is 2. The molecule has 0 bridgehead atoms. The van der Waals surface area contributed by atoms with Gasteiger partial charge in [-0.3, -0.25) is 9.59 Å². The fourth-order valence-electron chi connectivity index (χ4n) is 3.69. The average Bonchev–Trinajstić information content (AvgIpc) is 3.36. The number of fused-ring (bicyclic) bond motifs is 1. The first-order chi connectivity index (χ1) is 14.4. The van der Waals surface area contributed by atoms with Crippen molar-refractivity contribution < 1.29 is 9.59 Å². The predicted octanol–water partition coefficient (Wildman–Crippen LogP) is 4.66. The molecule has 3 rings (SSSR count). The number of carbonyl (C=O) groups is 2. The Labute approximate surface area is 182 Å². The first-order valence-corrected chi connectivity index (χ1v) is 11.4. The third-order valence-corrected chi connectivity index (χ3v) is 6.21. The fourth-order valence-corrected chi connectivity index (χ4v) is 4.53. The van der Waals surface area contributed by atoms with Gasteiger partial charge in [0.2, 0.25) is 11.8 Å². The van der Waals surface area contributed by atoms with Crippen molar-refractivity contribution in [1.82, 2.24) is 15.6 Å². The van der Waals surface area contributed by atoms with Crippen molar-refractivity contribution in [3.05, 3.63) is 58.4 Å². The molecule has 3 aromatic rings. The van der Waals surface area contributed by atoms with Crippen molar-refractivity contribution in [2.24, 2.45) is 11.8 Å². The van der Waals surface area contributed by atoms with E-state index in [0.29, 0.717) is 13.0 Å². The van der Waals surface area contributed by atoms with Crippen molar-refractivity contribution in [1.29, 1.82) is 0 Å². The fraction of sp³-hybridized carbons (Fsp3) is 0.417. The molecule has 3 N–H and O–H groups in total. The van der Waals surface area contributed by atoms with Crippen LogP contribution in [0.25, 0.3) is 10.9 Å². The van der Waals surface area contributed by atoms with E-state index in [1.807, 2.05) is 52.1 Å². The second-order valence-electron chi connectivity index (χ2n) is 8.49. The van der Waals surface area contributed by atoms with Gasteiger partial charge in [-0.2, -0.15) is 0 Å². The molecule has 0 fully saturated rings. The summed E-state index contributed by atoms with van der Waals surface area (Å²) in [4.78, 5) is 29.8. The van der Waals surface area contributed by atoms with Crippen LogP contribution in [0.3, 0.4) is 0 Å². The second kappa shape index (κ2) is 9.94. The highest BCUT2D eigenvalue weighted by atomic mass is 32.1. The molecule has 0 saturated carbocycles. The van der Waals surface area contributed by atoms with E-state index in [4.69, 9.17) is 0 Å². The molecule has 0 spiro atoms. The zero-order valence-corrected chi connectivity index (χ0v) is 18.9. The van der Waals surface area contributed by atoms with E-state index in [9.17, 15) is 9.59 Å². The van der Waals surface area contributed by atoms with Gasteiger partial charge in [-0.25, -0.2) is 0 Å². The van der Waals surface area contributed by atoms with Crippen LogP contribution in [0.4, 0.5) is 0 Å². The van der Waals surface area contributed by atoms with Crippen LogP contribution in [0, 0.1) is 11.8 Å². The van der Waals surface area contributed by atoms with Crippen LogP contribution in [-0.2, 0) is 9.59 Å². The highest BCUT2D eigenvalue weighted by Gasteiger charge is 2.26. The zero-order valence-electron chi connectivity index (χ0n) is 18.1. The molecular weight excluding hydrogens is 394 g/mol. The van der Waals surface area contributed by atoms with E-state index in [1.54, 1.807) is 11.3 Å². The summed E-state index contributed by atoms with van der Waals surface area (Å²) >= 11 is 1.69. The van der Waals surface area contributed by atoms with Gasteiger partial charge in [-0.15, -0.1) is 11.3 Å². The minimum atomic E-state index is -0.539. The van der Waals surface area contributed by atoms with Gasteiger partial charge in [0.15, 0.2) is 0 Å². The van der Waals surface area contributed by atoms with Gasteiger partial charge in [0.1, 0.15) is 6.04 Å². The number of hydrogen-bond donors (Lipinski definition) is 3. The van der Waals surface area contributed by atoms with Crippen molar-refractivity contribution in [2.75, 3.05) is 6.54 Å². The molecular formula is C24H31N3O2S. The van der Waals surface area contributed by atoms with Gasteiger partial charge in [0, 0.05) is 40.9 Å². The molecule has 0 radical (unpaired) electrons. The molecule has 5 nitrogen and oxygen atoms in total. The lowest BCUT2D eigenvalue weighted by Gasteiger charge is -2.24. The number of carbonyl (C=O) groups excluding carboxylic acids is 2. The van der Waals surface area contributed by atoms with E-state index in [-0.39, 0.29) is 29.6 Å². The summed E-state index contributed by atoms with van der Waals surface area (Å²) in [5.41, 5.74) is 2.25. The number of rotatable bonds is 9. The SMILES string of the molecule is CC(C)CC(=O)NC(C(=O)NCC(c1cccs1)c1c[nH]c2ccccc12)C(C)C. The Balaban J connectivity index is 1.77. The minimum absolute atomic E-state index is 0.00869. The molecule has 1 aromatic carbocycles. The van der Waals surface area contributed by atoms with Crippen LogP contribution in [0.1, 0.15) is 50.5 Å². The number of hydrogen-bond acceptors (Lipinski definition) is 3. The zero-order chi connectivity index (χ0) is 21.7. The lowest BCUT2D eigenvalue weighted by Crippen LogP contribution is -2.50. The monoisotopic (exact) mass is 425 g/mol. The van der Waals surface area contributed by atoms with E-state index in [2.05, 4.69) is 39.2 Å². The standard InChI is InChI=1S/C24H31N3O2S/c1-15(2)12-22(28)27-23(16(3)4)24(29)26-14-19(21-10-7-11-30-21)18-13-25-20-9-6-5-8-17(18)20/h5-11,13,15-16,19,23,25H,12,14H2,1-4H3,(H,26,29)(H,27,28). The van der Waals surface area contributed by atoms with Gasteiger partial charge in [-0.05, 0) is 34.9 Å². The number of aromatic nitrogens is 1. The second-order valence-corrected chi connectivity index (χ2v) is 9.47. The Bertz CT molecular complexity index is 975. The number of nitrogens with one attached hydrogen (secondary N) is 3. The van der Waals surface area contributed by atoms with E-state index in [1.165, 1.54) is 10.4 Å². The Morgan fingerprint density at radius 2 is 1.83 bits per heavy atom. The number of para-hydroxylation sites is 1. The number of benzene rings is 1. The molecule has 2 heterocycles. The third kappa shape index (κ3) is 5.30. The summed E-state index contributed by atoms with van der Waals surface area (Å²) in [6.07, 6.45) is 2.45. The largest absolute Gasteiger partial charge is 0.361 e. The quantitative estimate of drug-likeness (QED) is 0.466. The van der Waals surface area contributed by atoms with Gasteiger partial charge < -0.3 is 15.6 Å². The van der Waals surface area contributed by atoms with Crippen LogP contribution in [0.15, 0.2) is 48.0 Å². The number of H-pyrrole nitrogens is 1. The number of aromatic amines is 1. The predicted molar refractivity (Wildman–Crippen MR) is 124 cm³/mol.